The van der Waals surface area contributed by atoms with Gasteiger partial charge in [0.15, 0.2) is 0 Å². The van der Waals surface area contributed by atoms with Gasteiger partial charge in [0.2, 0.25) is 0 Å². The van der Waals surface area contributed by atoms with Gasteiger partial charge < -0.3 is 4.74 Å². The minimum absolute atomic E-state index is 0.177. The molecule has 0 saturated heterocycles. The van der Waals surface area contributed by atoms with E-state index in [0.29, 0.717) is 0 Å². The Balaban J connectivity index is 4.08. The summed E-state index contributed by atoms with van der Waals surface area (Å²) in [5, 5.41) is 8.22. The Morgan fingerprint density at radius 3 is 2.80 bits per heavy atom. The first-order valence-electron chi connectivity index (χ1n) is 2.63. The van der Waals surface area contributed by atoms with Crippen LogP contribution in [0.3, 0.4) is 0 Å². The van der Waals surface area contributed by atoms with Crippen molar-refractivity contribution in [3.8, 4) is 6.07 Å². The molecule has 0 aliphatic rings. The molecular formula is C6H6ClNO2. The zero-order valence-corrected chi connectivity index (χ0v) is 6.18. The maximum Gasteiger partial charge on any atom is 0.349 e. The van der Waals surface area contributed by atoms with Crippen molar-refractivity contribution >= 4 is 17.6 Å². The minimum Gasteiger partial charge on any atom is -0.462 e. The van der Waals surface area contributed by atoms with Crippen molar-refractivity contribution in [2.45, 2.75) is 6.92 Å². The van der Waals surface area contributed by atoms with Gasteiger partial charge in [-0.25, -0.2) is 4.79 Å². The van der Waals surface area contributed by atoms with E-state index < -0.39 is 5.97 Å². The quantitative estimate of drug-likeness (QED) is 0.346. The van der Waals surface area contributed by atoms with Crippen molar-refractivity contribution in [3.63, 3.8) is 0 Å². The molecule has 0 rings (SSSR count). The Bertz CT molecular complexity index is 192. The normalized spacial score (nSPS) is 10.3. The third-order valence-electron chi connectivity index (χ3n) is 0.725. The lowest BCUT2D eigenvalue weighted by atomic mass is 10.3. The Hall–Kier alpha value is -1.01. The van der Waals surface area contributed by atoms with Gasteiger partial charge in [0.05, 0.1) is 6.61 Å². The van der Waals surface area contributed by atoms with Crippen LogP contribution in [-0.2, 0) is 9.53 Å². The van der Waals surface area contributed by atoms with Gasteiger partial charge in [-0.2, -0.15) is 5.26 Å². The van der Waals surface area contributed by atoms with Gasteiger partial charge in [-0.1, -0.05) is 11.6 Å². The number of nitriles is 1. The average Bonchev–Trinajstić information content (AvgIpc) is 1.91. The van der Waals surface area contributed by atoms with E-state index >= 15 is 0 Å². The second-order valence-electron chi connectivity index (χ2n) is 1.36. The summed E-state index contributed by atoms with van der Waals surface area (Å²) in [4.78, 5) is 10.6. The van der Waals surface area contributed by atoms with Gasteiger partial charge >= 0.3 is 5.97 Å². The molecule has 0 radical (unpaired) electrons. The molecule has 10 heavy (non-hydrogen) atoms. The van der Waals surface area contributed by atoms with Crippen molar-refractivity contribution in [3.05, 3.63) is 11.1 Å². The molecule has 4 heteroatoms. The Morgan fingerprint density at radius 1 is 1.90 bits per heavy atom. The SMILES string of the molecule is CCOC(=O)C(C#N)=CCl. The number of rotatable bonds is 2. The molecule has 0 atom stereocenters. The number of carbonyl (C=O) groups excluding carboxylic acids is 1. The molecule has 0 aromatic rings. The van der Waals surface area contributed by atoms with Gasteiger partial charge in [0.25, 0.3) is 0 Å². The Labute approximate surface area is 63.8 Å². The van der Waals surface area contributed by atoms with E-state index in [9.17, 15) is 4.79 Å². The molecule has 0 unspecified atom stereocenters. The molecule has 54 valence electrons. The van der Waals surface area contributed by atoms with E-state index in [1.165, 1.54) is 0 Å². The zero-order chi connectivity index (χ0) is 7.98. The number of halogens is 1. The van der Waals surface area contributed by atoms with Crippen LogP contribution in [-0.4, -0.2) is 12.6 Å². The average molecular weight is 160 g/mol. The highest BCUT2D eigenvalue weighted by Gasteiger charge is 2.07. The van der Waals surface area contributed by atoms with E-state index in [-0.39, 0.29) is 12.2 Å². The standard InChI is InChI=1S/C6H6ClNO2/c1-2-10-6(9)5(3-7)4-8/h3H,2H2,1H3. The van der Waals surface area contributed by atoms with E-state index in [2.05, 4.69) is 4.74 Å². The van der Waals surface area contributed by atoms with Crippen molar-refractivity contribution in [1.29, 1.82) is 5.26 Å². The van der Waals surface area contributed by atoms with Crippen LogP contribution in [0.5, 0.6) is 0 Å². The highest BCUT2D eigenvalue weighted by atomic mass is 35.5. The van der Waals surface area contributed by atoms with E-state index in [4.69, 9.17) is 16.9 Å². The molecule has 0 aromatic heterocycles. The van der Waals surface area contributed by atoms with Crippen molar-refractivity contribution < 1.29 is 9.53 Å². The van der Waals surface area contributed by atoms with Crippen molar-refractivity contribution in [2.75, 3.05) is 6.61 Å². The van der Waals surface area contributed by atoms with Crippen LogP contribution in [0.1, 0.15) is 6.92 Å². The summed E-state index contributed by atoms with van der Waals surface area (Å²) in [5.41, 5.74) is 0.723. The van der Waals surface area contributed by atoms with Gasteiger partial charge in [-0.15, -0.1) is 0 Å². The second kappa shape index (κ2) is 4.83. The molecule has 0 spiro atoms. The summed E-state index contributed by atoms with van der Waals surface area (Å²) in [5.74, 6) is -0.681. The van der Waals surface area contributed by atoms with Crippen LogP contribution in [0.25, 0.3) is 0 Å². The molecule has 0 aromatic carbocycles. The molecule has 0 saturated carbocycles. The molecular weight excluding hydrogens is 154 g/mol. The molecule has 0 amide bonds. The highest BCUT2D eigenvalue weighted by Crippen LogP contribution is 1.97. The maximum atomic E-state index is 10.6. The van der Waals surface area contributed by atoms with Gasteiger partial charge in [0, 0.05) is 5.54 Å². The fourth-order valence-corrected chi connectivity index (χ4v) is 0.461. The Morgan fingerprint density at radius 2 is 2.50 bits per heavy atom. The van der Waals surface area contributed by atoms with Crippen LogP contribution >= 0.6 is 11.6 Å². The lowest BCUT2D eigenvalue weighted by Gasteiger charge is -1.95. The Kier molecular flexibility index (Phi) is 4.34. The van der Waals surface area contributed by atoms with Gasteiger partial charge in [-0.3, -0.25) is 0 Å². The predicted octanol–water partition coefficient (Wildman–Crippen LogP) is 1.20. The van der Waals surface area contributed by atoms with Crippen LogP contribution in [0.2, 0.25) is 0 Å². The number of nitrogens with zero attached hydrogens (tertiary/aromatic N) is 1. The number of hydrogen-bond acceptors (Lipinski definition) is 3. The first kappa shape index (κ1) is 8.99. The predicted molar refractivity (Wildman–Crippen MR) is 36.2 cm³/mol. The monoisotopic (exact) mass is 159 g/mol. The van der Waals surface area contributed by atoms with Gasteiger partial charge in [0.1, 0.15) is 11.6 Å². The van der Waals surface area contributed by atoms with Crippen LogP contribution in [0, 0.1) is 11.3 Å². The van der Waals surface area contributed by atoms with Crippen LogP contribution in [0.4, 0.5) is 0 Å². The van der Waals surface area contributed by atoms with Gasteiger partial charge in [-0.05, 0) is 6.92 Å². The molecule has 0 heterocycles. The fraction of sp³-hybridized carbons (Fsp3) is 0.333. The fourth-order valence-electron chi connectivity index (χ4n) is 0.323. The smallest absolute Gasteiger partial charge is 0.349 e. The minimum atomic E-state index is -0.681. The zero-order valence-electron chi connectivity index (χ0n) is 5.43. The molecule has 0 bridgehead atoms. The molecule has 0 aliphatic heterocycles. The van der Waals surface area contributed by atoms with E-state index in [0.717, 1.165) is 5.54 Å². The topological polar surface area (TPSA) is 50.1 Å². The van der Waals surface area contributed by atoms with Crippen molar-refractivity contribution in [2.24, 2.45) is 0 Å². The number of ether oxygens (including phenoxy) is 1. The maximum absolute atomic E-state index is 10.6. The van der Waals surface area contributed by atoms with Crippen LogP contribution in [0.15, 0.2) is 11.1 Å². The summed E-state index contributed by atoms with van der Waals surface area (Å²) in [6.45, 7) is 1.90. The molecule has 0 aliphatic carbocycles. The number of hydrogen-bond donors (Lipinski definition) is 0. The lowest BCUT2D eigenvalue weighted by molar-refractivity contribution is -0.137. The summed E-state index contributed by atoms with van der Waals surface area (Å²) >= 11 is 5.11. The van der Waals surface area contributed by atoms with E-state index in [1.807, 2.05) is 0 Å². The number of carbonyl (C=O) groups is 1. The third kappa shape index (κ3) is 2.51. The molecule has 0 N–H and O–H groups in total. The molecule has 0 fully saturated rings. The number of esters is 1. The summed E-state index contributed by atoms with van der Waals surface area (Å²) in [6, 6.07) is 1.59. The largest absolute Gasteiger partial charge is 0.462 e. The first-order chi connectivity index (χ1) is 4.76. The van der Waals surface area contributed by atoms with E-state index in [1.54, 1.807) is 13.0 Å². The lowest BCUT2D eigenvalue weighted by Crippen LogP contribution is -2.05. The second-order valence-corrected chi connectivity index (χ2v) is 1.57. The van der Waals surface area contributed by atoms with Crippen LogP contribution < -0.4 is 0 Å². The first-order valence-corrected chi connectivity index (χ1v) is 3.07. The highest BCUT2D eigenvalue weighted by molar-refractivity contribution is 6.27. The van der Waals surface area contributed by atoms with Crippen molar-refractivity contribution in [1.82, 2.24) is 0 Å². The summed E-state index contributed by atoms with van der Waals surface area (Å²) in [6.07, 6.45) is 0. The third-order valence-corrected chi connectivity index (χ3v) is 0.943. The summed E-state index contributed by atoms with van der Waals surface area (Å²) in [7, 11) is 0. The summed E-state index contributed by atoms with van der Waals surface area (Å²) < 4.78 is 4.47. The molecule has 3 nitrogen and oxygen atoms in total.